The van der Waals surface area contributed by atoms with E-state index in [1.165, 1.54) is 77.3 Å². The third-order valence-corrected chi connectivity index (χ3v) is 5.35. The molecule has 0 spiro atoms. The second-order valence-electron chi connectivity index (χ2n) is 7.28. The van der Waals surface area contributed by atoms with Crippen LogP contribution < -0.4 is 5.32 Å². The maximum Gasteiger partial charge on any atom is 0.00106 e. The van der Waals surface area contributed by atoms with Gasteiger partial charge in [-0.1, -0.05) is 52.4 Å². The Labute approximate surface area is 114 Å². The van der Waals surface area contributed by atoms with Crippen LogP contribution in [0.25, 0.3) is 0 Å². The number of rotatable bonds is 5. The standard InChI is InChI=1S/C17H33N/c1-15(2)13-18-14-17(11-7-8-12-17)16-9-5-3-4-6-10-16/h15-16,18H,3-14H2,1-2H3. The third kappa shape index (κ3) is 3.73. The second-order valence-corrected chi connectivity index (χ2v) is 7.28. The number of hydrogen-bond acceptors (Lipinski definition) is 1. The van der Waals surface area contributed by atoms with E-state index >= 15 is 0 Å². The van der Waals surface area contributed by atoms with Crippen LogP contribution in [0.4, 0.5) is 0 Å². The van der Waals surface area contributed by atoms with E-state index in [0.29, 0.717) is 5.41 Å². The average molecular weight is 251 g/mol. The first-order valence-corrected chi connectivity index (χ1v) is 8.44. The van der Waals surface area contributed by atoms with E-state index in [-0.39, 0.29) is 0 Å². The van der Waals surface area contributed by atoms with Crippen LogP contribution in [0.15, 0.2) is 0 Å². The highest BCUT2D eigenvalue weighted by molar-refractivity contribution is 4.93. The fourth-order valence-electron chi connectivity index (χ4n) is 4.31. The first kappa shape index (κ1) is 14.4. The second kappa shape index (κ2) is 6.93. The van der Waals surface area contributed by atoms with E-state index < -0.39 is 0 Å². The zero-order chi connectivity index (χ0) is 12.8. The summed E-state index contributed by atoms with van der Waals surface area (Å²) in [6.45, 7) is 7.14. The van der Waals surface area contributed by atoms with Crippen LogP contribution in [0.1, 0.15) is 78.1 Å². The summed E-state index contributed by atoms with van der Waals surface area (Å²) in [6, 6.07) is 0. The first-order chi connectivity index (χ1) is 8.73. The van der Waals surface area contributed by atoms with Gasteiger partial charge in [0, 0.05) is 6.54 Å². The molecule has 18 heavy (non-hydrogen) atoms. The van der Waals surface area contributed by atoms with Crippen molar-refractivity contribution in [3.63, 3.8) is 0 Å². The molecule has 1 N–H and O–H groups in total. The number of hydrogen-bond donors (Lipinski definition) is 1. The van der Waals surface area contributed by atoms with Crippen molar-refractivity contribution in [2.45, 2.75) is 78.1 Å². The van der Waals surface area contributed by atoms with Crippen molar-refractivity contribution < 1.29 is 0 Å². The topological polar surface area (TPSA) is 12.0 Å². The smallest absolute Gasteiger partial charge is 0.00106 e. The monoisotopic (exact) mass is 251 g/mol. The van der Waals surface area contributed by atoms with E-state index in [4.69, 9.17) is 0 Å². The van der Waals surface area contributed by atoms with Gasteiger partial charge >= 0.3 is 0 Å². The van der Waals surface area contributed by atoms with Crippen molar-refractivity contribution in [3.8, 4) is 0 Å². The normalized spacial score (nSPS) is 25.5. The predicted octanol–water partition coefficient (Wildman–Crippen LogP) is 4.76. The van der Waals surface area contributed by atoms with Gasteiger partial charge in [0.15, 0.2) is 0 Å². The molecule has 0 saturated heterocycles. The first-order valence-electron chi connectivity index (χ1n) is 8.44. The molecule has 0 aliphatic heterocycles. The van der Waals surface area contributed by atoms with Crippen LogP contribution in [-0.4, -0.2) is 13.1 Å². The third-order valence-electron chi connectivity index (χ3n) is 5.35. The molecular formula is C17H33N. The van der Waals surface area contributed by atoms with E-state index in [1.807, 2.05) is 0 Å². The molecule has 1 heteroatoms. The van der Waals surface area contributed by atoms with Crippen molar-refractivity contribution >= 4 is 0 Å². The maximum atomic E-state index is 3.79. The summed E-state index contributed by atoms with van der Waals surface area (Å²) in [6.07, 6.45) is 15.0. The van der Waals surface area contributed by atoms with Gasteiger partial charge in [-0.3, -0.25) is 0 Å². The minimum atomic E-state index is 0.680. The molecule has 106 valence electrons. The van der Waals surface area contributed by atoms with Gasteiger partial charge < -0.3 is 5.32 Å². The summed E-state index contributed by atoms with van der Waals surface area (Å²) >= 11 is 0. The van der Waals surface area contributed by atoms with Crippen LogP contribution in [0.2, 0.25) is 0 Å². The van der Waals surface area contributed by atoms with Gasteiger partial charge in [0.1, 0.15) is 0 Å². The van der Waals surface area contributed by atoms with Crippen molar-refractivity contribution in [2.24, 2.45) is 17.3 Å². The molecule has 2 aliphatic rings. The average Bonchev–Trinajstić information content (AvgIpc) is 2.64. The Hall–Kier alpha value is -0.0400. The predicted molar refractivity (Wildman–Crippen MR) is 79.8 cm³/mol. The molecule has 0 aromatic carbocycles. The van der Waals surface area contributed by atoms with Gasteiger partial charge in [0.25, 0.3) is 0 Å². The molecule has 0 aromatic rings. The highest BCUT2D eigenvalue weighted by Crippen LogP contribution is 2.48. The SMILES string of the molecule is CC(C)CNCC1(C2CCCCCC2)CCCC1. The molecule has 2 rings (SSSR count). The van der Waals surface area contributed by atoms with Gasteiger partial charge in [0.05, 0.1) is 0 Å². The molecule has 2 aliphatic carbocycles. The molecular weight excluding hydrogens is 218 g/mol. The fourth-order valence-corrected chi connectivity index (χ4v) is 4.31. The summed E-state index contributed by atoms with van der Waals surface area (Å²) in [5, 5.41) is 3.79. The summed E-state index contributed by atoms with van der Waals surface area (Å²) in [4.78, 5) is 0. The molecule has 2 fully saturated rings. The Morgan fingerprint density at radius 3 is 2.11 bits per heavy atom. The molecule has 0 unspecified atom stereocenters. The summed E-state index contributed by atoms with van der Waals surface area (Å²) in [7, 11) is 0. The quantitative estimate of drug-likeness (QED) is 0.694. The highest BCUT2D eigenvalue weighted by Gasteiger charge is 2.40. The van der Waals surface area contributed by atoms with Crippen LogP contribution in [-0.2, 0) is 0 Å². The Morgan fingerprint density at radius 1 is 0.944 bits per heavy atom. The molecule has 0 amide bonds. The molecule has 0 heterocycles. The van der Waals surface area contributed by atoms with Gasteiger partial charge in [-0.15, -0.1) is 0 Å². The summed E-state index contributed by atoms with van der Waals surface area (Å²) in [5.74, 6) is 1.82. The highest BCUT2D eigenvalue weighted by atomic mass is 14.9. The van der Waals surface area contributed by atoms with Crippen molar-refractivity contribution in [2.75, 3.05) is 13.1 Å². The summed E-state index contributed by atoms with van der Waals surface area (Å²) < 4.78 is 0. The lowest BCUT2D eigenvalue weighted by molar-refractivity contribution is 0.141. The number of nitrogens with one attached hydrogen (secondary N) is 1. The van der Waals surface area contributed by atoms with E-state index in [0.717, 1.165) is 11.8 Å². The maximum absolute atomic E-state index is 3.79. The van der Waals surface area contributed by atoms with Crippen LogP contribution >= 0.6 is 0 Å². The van der Waals surface area contributed by atoms with Crippen LogP contribution in [0.5, 0.6) is 0 Å². The molecule has 1 nitrogen and oxygen atoms in total. The Morgan fingerprint density at radius 2 is 1.56 bits per heavy atom. The zero-order valence-corrected chi connectivity index (χ0v) is 12.6. The molecule has 0 aromatic heterocycles. The van der Waals surface area contributed by atoms with E-state index in [2.05, 4.69) is 19.2 Å². The van der Waals surface area contributed by atoms with Crippen molar-refractivity contribution in [1.82, 2.24) is 5.32 Å². The minimum Gasteiger partial charge on any atom is -0.316 e. The Bertz CT molecular complexity index is 220. The lowest BCUT2D eigenvalue weighted by Crippen LogP contribution is -2.39. The largest absolute Gasteiger partial charge is 0.316 e. The van der Waals surface area contributed by atoms with E-state index in [9.17, 15) is 0 Å². The van der Waals surface area contributed by atoms with Crippen LogP contribution in [0.3, 0.4) is 0 Å². The van der Waals surface area contributed by atoms with Gasteiger partial charge in [-0.25, -0.2) is 0 Å². The Kier molecular flexibility index (Phi) is 5.54. The lowest BCUT2D eigenvalue weighted by atomic mass is 9.70. The molecule has 0 radical (unpaired) electrons. The van der Waals surface area contributed by atoms with Crippen molar-refractivity contribution in [3.05, 3.63) is 0 Å². The Balaban J connectivity index is 1.91. The van der Waals surface area contributed by atoms with Crippen LogP contribution in [0, 0.1) is 17.3 Å². The fraction of sp³-hybridized carbons (Fsp3) is 1.00. The van der Waals surface area contributed by atoms with E-state index in [1.54, 1.807) is 0 Å². The summed E-state index contributed by atoms with van der Waals surface area (Å²) in [5.41, 5.74) is 0.680. The van der Waals surface area contributed by atoms with Crippen molar-refractivity contribution in [1.29, 1.82) is 0 Å². The lowest BCUT2D eigenvalue weighted by Gasteiger charge is -2.38. The van der Waals surface area contributed by atoms with Gasteiger partial charge in [0.2, 0.25) is 0 Å². The van der Waals surface area contributed by atoms with Gasteiger partial charge in [-0.2, -0.15) is 0 Å². The zero-order valence-electron chi connectivity index (χ0n) is 12.6. The van der Waals surface area contributed by atoms with Gasteiger partial charge in [-0.05, 0) is 49.5 Å². The minimum absolute atomic E-state index is 0.680. The molecule has 0 atom stereocenters. The molecule has 2 saturated carbocycles. The molecule has 0 bridgehead atoms.